The summed E-state index contributed by atoms with van der Waals surface area (Å²) in [6.07, 6.45) is 2.20. The molecular weight excluding hydrogens is 196 g/mol. The van der Waals surface area contributed by atoms with Gasteiger partial charge < -0.3 is 10.5 Å². The number of rotatable bonds is 2. The van der Waals surface area contributed by atoms with Gasteiger partial charge in [0, 0.05) is 24.2 Å². The summed E-state index contributed by atoms with van der Waals surface area (Å²) in [4.78, 5) is 4.54. The zero-order valence-electron chi connectivity index (χ0n) is 8.45. The fourth-order valence-corrected chi connectivity index (χ4v) is 2.89. The molecule has 4 heteroatoms. The summed E-state index contributed by atoms with van der Waals surface area (Å²) in [5, 5.41) is 3.23. The van der Waals surface area contributed by atoms with Crippen LogP contribution in [0.4, 0.5) is 0 Å². The third kappa shape index (κ3) is 1.69. The number of hydrogen-bond donors (Lipinski definition) is 1. The van der Waals surface area contributed by atoms with Gasteiger partial charge in [0.25, 0.3) is 0 Å². The third-order valence-electron chi connectivity index (χ3n) is 2.79. The van der Waals surface area contributed by atoms with Crippen molar-refractivity contribution in [3.05, 3.63) is 16.1 Å². The quantitative estimate of drug-likeness (QED) is 0.807. The zero-order chi connectivity index (χ0) is 10.0. The maximum atomic E-state index is 5.87. The van der Waals surface area contributed by atoms with Gasteiger partial charge in [-0.05, 0) is 19.8 Å². The molecule has 3 nitrogen and oxygen atoms in total. The average molecular weight is 212 g/mol. The largest absolute Gasteiger partial charge is 0.380 e. The molecule has 0 radical (unpaired) electrons. The first-order chi connectivity index (χ1) is 6.77. The number of aromatic nitrogens is 1. The van der Waals surface area contributed by atoms with Crippen molar-refractivity contribution in [3.63, 3.8) is 0 Å². The Bertz CT molecular complexity index is 305. The average Bonchev–Trinajstić information content (AvgIpc) is 2.66. The van der Waals surface area contributed by atoms with Crippen molar-refractivity contribution in [2.24, 2.45) is 5.73 Å². The van der Waals surface area contributed by atoms with Gasteiger partial charge in [-0.1, -0.05) is 0 Å². The summed E-state index contributed by atoms with van der Waals surface area (Å²) in [5.41, 5.74) is 6.95. The summed E-state index contributed by atoms with van der Waals surface area (Å²) in [5.74, 6) is 0. The monoisotopic (exact) mass is 212 g/mol. The molecule has 0 saturated carbocycles. The molecule has 1 saturated heterocycles. The van der Waals surface area contributed by atoms with E-state index >= 15 is 0 Å². The predicted octanol–water partition coefficient (Wildman–Crippen LogP) is 1.46. The van der Waals surface area contributed by atoms with Crippen LogP contribution in [0.2, 0.25) is 0 Å². The van der Waals surface area contributed by atoms with E-state index in [0.717, 1.165) is 36.8 Å². The van der Waals surface area contributed by atoms with Crippen LogP contribution in [-0.4, -0.2) is 24.7 Å². The second kappa shape index (κ2) is 3.96. The molecule has 2 N–H and O–H groups in total. The van der Waals surface area contributed by atoms with Gasteiger partial charge in [0.05, 0.1) is 12.0 Å². The molecule has 1 aliphatic heterocycles. The van der Waals surface area contributed by atoms with Gasteiger partial charge in [-0.25, -0.2) is 4.98 Å². The Labute approximate surface area is 88.3 Å². The zero-order valence-corrected chi connectivity index (χ0v) is 9.27. The summed E-state index contributed by atoms with van der Waals surface area (Å²) >= 11 is 1.71. The molecule has 1 atom stereocenters. The van der Waals surface area contributed by atoms with E-state index in [2.05, 4.69) is 10.4 Å². The molecule has 1 aromatic heterocycles. The van der Waals surface area contributed by atoms with Crippen molar-refractivity contribution in [2.45, 2.75) is 25.2 Å². The molecule has 0 bridgehead atoms. The molecule has 1 aliphatic rings. The maximum absolute atomic E-state index is 5.87. The van der Waals surface area contributed by atoms with E-state index in [4.69, 9.17) is 10.5 Å². The highest BCUT2D eigenvalue weighted by Crippen LogP contribution is 2.33. The lowest BCUT2D eigenvalue weighted by Gasteiger charge is -2.33. The highest BCUT2D eigenvalue weighted by Gasteiger charge is 2.36. The Balaban J connectivity index is 2.26. The minimum Gasteiger partial charge on any atom is -0.380 e. The van der Waals surface area contributed by atoms with E-state index in [1.165, 1.54) is 0 Å². The van der Waals surface area contributed by atoms with Gasteiger partial charge in [-0.15, -0.1) is 11.3 Å². The molecule has 14 heavy (non-hydrogen) atoms. The summed E-state index contributed by atoms with van der Waals surface area (Å²) < 4.78 is 5.53. The molecule has 0 aliphatic carbocycles. The Hall–Kier alpha value is -0.450. The van der Waals surface area contributed by atoms with Gasteiger partial charge in [-0.2, -0.15) is 0 Å². The number of hydrogen-bond acceptors (Lipinski definition) is 4. The van der Waals surface area contributed by atoms with Crippen LogP contribution in [0, 0.1) is 6.92 Å². The van der Waals surface area contributed by atoms with Crippen LogP contribution >= 0.6 is 11.3 Å². The van der Waals surface area contributed by atoms with Gasteiger partial charge in [-0.3, -0.25) is 0 Å². The first kappa shape index (κ1) is 10.1. The van der Waals surface area contributed by atoms with E-state index in [1.54, 1.807) is 11.3 Å². The van der Waals surface area contributed by atoms with E-state index in [1.807, 2.05) is 6.92 Å². The minimum atomic E-state index is -0.00280. The number of thiazole rings is 1. The normalized spacial score (nSPS) is 27.9. The molecule has 1 aromatic rings. The molecule has 2 heterocycles. The fraction of sp³-hybridized carbons (Fsp3) is 0.700. The minimum absolute atomic E-state index is 0.00280. The molecule has 0 spiro atoms. The van der Waals surface area contributed by atoms with Crippen molar-refractivity contribution in [2.75, 3.05) is 19.8 Å². The third-order valence-corrected chi connectivity index (χ3v) is 3.99. The molecule has 1 fully saturated rings. The van der Waals surface area contributed by atoms with Gasteiger partial charge in [0.2, 0.25) is 0 Å². The molecule has 1 unspecified atom stereocenters. The molecule has 78 valence electrons. The van der Waals surface area contributed by atoms with Crippen LogP contribution in [-0.2, 0) is 10.2 Å². The van der Waals surface area contributed by atoms with Crippen molar-refractivity contribution < 1.29 is 4.74 Å². The summed E-state index contributed by atoms with van der Waals surface area (Å²) in [7, 11) is 0. The molecule has 0 amide bonds. The Morgan fingerprint density at radius 3 is 3.07 bits per heavy atom. The fourth-order valence-electron chi connectivity index (χ4n) is 1.87. The first-order valence-electron chi connectivity index (χ1n) is 4.97. The Morgan fingerprint density at radius 1 is 1.71 bits per heavy atom. The number of nitrogens with zero attached hydrogens (tertiary/aromatic N) is 1. The lowest BCUT2D eigenvalue weighted by molar-refractivity contribution is 0.0376. The number of aryl methyl sites for hydroxylation is 1. The second-order valence-electron chi connectivity index (χ2n) is 3.93. The predicted molar refractivity (Wildman–Crippen MR) is 57.6 cm³/mol. The van der Waals surface area contributed by atoms with Crippen molar-refractivity contribution >= 4 is 11.3 Å². The van der Waals surface area contributed by atoms with Crippen LogP contribution in [0.1, 0.15) is 23.5 Å². The van der Waals surface area contributed by atoms with Crippen molar-refractivity contribution in [1.82, 2.24) is 4.98 Å². The van der Waals surface area contributed by atoms with E-state index in [9.17, 15) is 0 Å². The van der Waals surface area contributed by atoms with Crippen LogP contribution in [0.3, 0.4) is 0 Å². The van der Waals surface area contributed by atoms with Gasteiger partial charge >= 0.3 is 0 Å². The van der Waals surface area contributed by atoms with E-state index in [0.29, 0.717) is 6.54 Å². The first-order valence-corrected chi connectivity index (χ1v) is 5.85. The van der Waals surface area contributed by atoms with Crippen molar-refractivity contribution in [3.8, 4) is 0 Å². The lowest BCUT2D eigenvalue weighted by atomic mass is 9.83. The van der Waals surface area contributed by atoms with Crippen LogP contribution in [0.25, 0.3) is 0 Å². The van der Waals surface area contributed by atoms with Crippen LogP contribution in [0.5, 0.6) is 0 Å². The Kier molecular flexibility index (Phi) is 2.85. The summed E-state index contributed by atoms with van der Waals surface area (Å²) in [6, 6.07) is 0. The number of nitrogens with two attached hydrogens (primary N) is 1. The summed E-state index contributed by atoms with van der Waals surface area (Å²) in [6.45, 7) is 4.26. The second-order valence-corrected chi connectivity index (χ2v) is 4.79. The van der Waals surface area contributed by atoms with Gasteiger partial charge in [0.1, 0.15) is 5.01 Å². The number of ether oxygens (including phenoxy) is 1. The molecule has 2 rings (SSSR count). The Morgan fingerprint density at radius 2 is 2.57 bits per heavy atom. The van der Waals surface area contributed by atoms with Gasteiger partial charge in [0.15, 0.2) is 0 Å². The maximum Gasteiger partial charge on any atom is 0.103 e. The smallest absolute Gasteiger partial charge is 0.103 e. The highest BCUT2D eigenvalue weighted by atomic mass is 32.1. The standard InChI is InChI=1S/C10H16N2OS/c1-8-5-14-9(12-8)10(6-11)3-2-4-13-7-10/h5H,2-4,6-7,11H2,1H3. The van der Waals surface area contributed by atoms with E-state index < -0.39 is 0 Å². The van der Waals surface area contributed by atoms with E-state index in [-0.39, 0.29) is 5.41 Å². The molecular formula is C10H16N2OS. The van der Waals surface area contributed by atoms with Crippen LogP contribution < -0.4 is 5.73 Å². The molecule has 0 aromatic carbocycles. The SMILES string of the molecule is Cc1csc(C2(CN)CCCOC2)n1. The lowest BCUT2D eigenvalue weighted by Crippen LogP contribution is -2.42. The highest BCUT2D eigenvalue weighted by molar-refractivity contribution is 7.09. The van der Waals surface area contributed by atoms with Crippen LogP contribution in [0.15, 0.2) is 5.38 Å². The van der Waals surface area contributed by atoms with Crippen molar-refractivity contribution in [1.29, 1.82) is 0 Å². The topological polar surface area (TPSA) is 48.1 Å².